The number of alkyl halides is 3. The first-order valence-corrected chi connectivity index (χ1v) is 12.2. The molecule has 0 bridgehead atoms. The molecule has 7 nitrogen and oxygen atoms in total. The van der Waals surface area contributed by atoms with Crippen LogP contribution in [-0.2, 0) is 27.5 Å². The lowest BCUT2D eigenvalue weighted by molar-refractivity contribution is -0.141. The van der Waals surface area contributed by atoms with Gasteiger partial charge in [0.05, 0.1) is 10.6 Å². The van der Waals surface area contributed by atoms with Crippen molar-refractivity contribution < 1.29 is 35.2 Å². The Morgan fingerprint density at radius 2 is 1.75 bits per heavy atom. The van der Waals surface area contributed by atoms with Gasteiger partial charge in [-0.3, -0.25) is 4.79 Å². The molecule has 1 N–H and O–H groups in total. The Kier molecular flexibility index (Phi) is 7.05. The van der Waals surface area contributed by atoms with Crippen LogP contribution >= 0.6 is 0 Å². The van der Waals surface area contributed by atoms with Crippen LogP contribution in [0.5, 0.6) is 0 Å². The van der Waals surface area contributed by atoms with Crippen molar-refractivity contribution in [1.82, 2.24) is 19.8 Å². The van der Waals surface area contributed by atoms with Crippen LogP contribution in [0.1, 0.15) is 24.1 Å². The summed E-state index contributed by atoms with van der Waals surface area (Å²) in [4.78, 5) is 12.7. The topological polar surface area (TPSA) is 92.3 Å². The normalized spacial score (nSPS) is 16.8. The third-order valence-corrected chi connectivity index (χ3v) is 7.60. The van der Waals surface area contributed by atoms with E-state index in [2.05, 4.69) is 15.5 Å². The lowest BCUT2D eigenvalue weighted by atomic mass is 10.1. The molecule has 0 saturated carbocycles. The number of halogens is 5. The zero-order valence-electron chi connectivity index (χ0n) is 18.5. The molecule has 1 saturated heterocycles. The molecule has 3 aromatic rings. The second-order valence-electron chi connectivity index (χ2n) is 8.05. The Morgan fingerprint density at radius 3 is 2.39 bits per heavy atom. The number of sulfonamides is 1. The molecule has 4 rings (SSSR count). The van der Waals surface area contributed by atoms with Crippen LogP contribution < -0.4 is 5.32 Å². The molecule has 2 heterocycles. The van der Waals surface area contributed by atoms with Crippen LogP contribution in [0.15, 0.2) is 59.5 Å². The quantitative estimate of drug-likeness (QED) is 0.492. The van der Waals surface area contributed by atoms with Crippen molar-refractivity contribution in [2.45, 2.75) is 36.5 Å². The first-order chi connectivity index (χ1) is 17.0. The Labute approximate surface area is 203 Å². The molecule has 1 unspecified atom stereocenters. The number of hydrogen-bond acceptors (Lipinski definition) is 5. The van der Waals surface area contributed by atoms with E-state index in [1.807, 2.05) is 0 Å². The highest BCUT2D eigenvalue weighted by molar-refractivity contribution is 7.89. The Morgan fingerprint density at radius 1 is 1.03 bits per heavy atom. The molecule has 1 aliphatic rings. The van der Waals surface area contributed by atoms with Gasteiger partial charge in [0.25, 0.3) is 0 Å². The van der Waals surface area contributed by atoms with Crippen molar-refractivity contribution >= 4 is 15.9 Å². The lowest BCUT2D eigenvalue weighted by Gasteiger charge is -2.23. The van der Waals surface area contributed by atoms with Gasteiger partial charge in [0.1, 0.15) is 17.7 Å². The summed E-state index contributed by atoms with van der Waals surface area (Å²) in [5.74, 6) is -1.92. The predicted molar refractivity (Wildman–Crippen MR) is 118 cm³/mol. The highest BCUT2D eigenvalue weighted by Gasteiger charge is 2.39. The maximum Gasteiger partial charge on any atom is 0.435 e. The summed E-state index contributed by atoms with van der Waals surface area (Å²) in [5.41, 5.74) is -0.794. The highest BCUT2D eigenvalue weighted by Crippen LogP contribution is 2.29. The number of carbonyl (C=O) groups excluding carboxylic acids is 1. The molecule has 1 atom stereocenters. The molecule has 1 amide bonds. The average Bonchev–Trinajstić information content (AvgIpc) is 3.34. The SMILES string of the molecule is O=C(NCc1cc(-c2ccc(C(F)(F)F)nn2)ccc1F)C1CCCN1S(=O)(=O)c1ccc(F)cc1. The number of benzene rings is 2. The summed E-state index contributed by atoms with van der Waals surface area (Å²) in [6, 6.07) is 8.77. The Balaban J connectivity index is 1.48. The van der Waals surface area contributed by atoms with E-state index in [-0.39, 0.29) is 41.2 Å². The molecule has 190 valence electrons. The number of carbonyl (C=O) groups is 1. The van der Waals surface area contributed by atoms with Crippen molar-refractivity contribution in [3.63, 3.8) is 0 Å². The first kappa shape index (κ1) is 25.6. The smallest absolute Gasteiger partial charge is 0.351 e. The van der Waals surface area contributed by atoms with Gasteiger partial charge in [0, 0.05) is 24.2 Å². The van der Waals surface area contributed by atoms with Crippen molar-refractivity contribution in [3.8, 4) is 11.3 Å². The molecule has 13 heteroatoms. The number of amides is 1. The fourth-order valence-electron chi connectivity index (χ4n) is 3.84. The van der Waals surface area contributed by atoms with Gasteiger partial charge in [-0.25, -0.2) is 17.2 Å². The van der Waals surface area contributed by atoms with Crippen LogP contribution in [0.2, 0.25) is 0 Å². The summed E-state index contributed by atoms with van der Waals surface area (Å²) in [6.07, 6.45) is -3.98. The lowest BCUT2D eigenvalue weighted by Crippen LogP contribution is -2.45. The number of hydrogen-bond donors (Lipinski definition) is 1. The zero-order valence-corrected chi connectivity index (χ0v) is 19.3. The second kappa shape index (κ2) is 9.90. The van der Waals surface area contributed by atoms with E-state index >= 15 is 0 Å². The largest absolute Gasteiger partial charge is 0.435 e. The van der Waals surface area contributed by atoms with Gasteiger partial charge in [0.2, 0.25) is 15.9 Å². The summed E-state index contributed by atoms with van der Waals surface area (Å²) < 4.78 is 92.6. The maximum absolute atomic E-state index is 14.4. The molecule has 1 aliphatic heterocycles. The summed E-state index contributed by atoms with van der Waals surface area (Å²) in [7, 11) is -4.06. The predicted octanol–water partition coefficient (Wildman–Crippen LogP) is 3.91. The van der Waals surface area contributed by atoms with E-state index in [9.17, 15) is 35.2 Å². The van der Waals surface area contributed by atoms with Gasteiger partial charge in [-0.15, -0.1) is 10.2 Å². The Bertz CT molecular complexity index is 1360. The van der Waals surface area contributed by atoms with Crippen molar-refractivity contribution in [3.05, 3.63) is 77.5 Å². The van der Waals surface area contributed by atoms with E-state index in [1.54, 1.807) is 0 Å². The monoisotopic (exact) mass is 526 g/mol. The standard InChI is InChI=1S/C23H19F5N4O3S/c24-16-4-6-17(7-5-16)36(34,35)32-11-1-2-20(32)22(33)29-13-15-12-14(3-8-18(15)25)19-9-10-21(31-30-19)23(26,27)28/h3-10,12,20H,1-2,11,13H2,(H,29,33). The fraction of sp³-hybridized carbons (Fsp3) is 0.261. The van der Waals surface area contributed by atoms with Crippen molar-refractivity contribution in [2.75, 3.05) is 6.54 Å². The van der Waals surface area contributed by atoms with Crippen LogP contribution in [0.3, 0.4) is 0 Å². The van der Waals surface area contributed by atoms with E-state index in [4.69, 9.17) is 0 Å². The molecular formula is C23H19F5N4O3S. The van der Waals surface area contributed by atoms with E-state index in [0.717, 1.165) is 46.8 Å². The first-order valence-electron chi connectivity index (χ1n) is 10.7. The minimum absolute atomic E-state index is 0.0217. The van der Waals surface area contributed by atoms with Crippen LogP contribution in [-0.4, -0.2) is 41.4 Å². The van der Waals surface area contributed by atoms with Gasteiger partial charge in [0.15, 0.2) is 5.69 Å². The minimum atomic E-state index is -4.65. The molecule has 0 aliphatic carbocycles. The fourth-order valence-corrected chi connectivity index (χ4v) is 5.50. The van der Waals surface area contributed by atoms with Crippen LogP contribution in [0.4, 0.5) is 22.0 Å². The highest BCUT2D eigenvalue weighted by atomic mass is 32.2. The van der Waals surface area contributed by atoms with Crippen molar-refractivity contribution in [1.29, 1.82) is 0 Å². The van der Waals surface area contributed by atoms with Crippen LogP contribution in [0.25, 0.3) is 11.3 Å². The molecule has 0 radical (unpaired) electrons. The minimum Gasteiger partial charge on any atom is -0.351 e. The average molecular weight is 526 g/mol. The Hall–Kier alpha value is -3.45. The van der Waals surface area contributed by atoms with E-state index < -0.39 is 45.5 Å². The molecule has 36 heavy (non-hydrogen) atoms. The van der Waals surface area contributed by atoms with Gasteiger partial charge in [-0.05, 0) is 67.4 Å². The number of nitrogens with one attached hydrogen (secondary N) is 1. The molecule has 0 spiro atoms. The van der Waals surface area contributed by atoms with Crippen LogP contribution in [0, 0.1) is 11.6 Å². The van der Waals surface area contributed by atoms with Gasteiger partial charge < -0.3 is 5.32 Å². The van der Waals surface area contributed by atoms with Gasteiger partial charge >= 0.3 is 6.18 Å². The maximum atomic E-state index is 14.4. The van der Waals surface area contributed by atoms with Crippen molar-refractivity contribution in [2.24, 2.45) is 0 Å². The summed E-state index contributed by atoms with van der Waals surface area (Å²) >= 11 is 0. The van der Waals surface area contributed by atoms with E-state index in [1.165, 1.54) is 12.1 Å². The summed E-state index contributed by atoms with van der Waals surface area (Å²) in [5, 5.41) is 9.21. The third-order valence-electron chi connectivity index (χ3n) is 5.68. The molecule has 1 fully saturated rings. The number of rotatable bonds is 6. The van der Waals surface area contributed by atoms with Gasteiger partial charge in [-0.1, -0.05) is 0 Å². The second-order valence-corrected chi connectivity index (χ2v) is 9.94. The summed E-state index contributed by atoms with van der Waals surface area (Å²) in [6.45, 7) is -0.207. The number of nitrogens with zero attached hydrogens (tertiary/aromatic N) is 3. The number of aromatic nitrogens is 2. The molecule has 1 aromatic heterocycles. The third kappa shape index (κ3) is 5.36. The van der Waals surface area contributed by atoms with E-state index in [0.29, 0.717) is 6.42 Å². The zero-order chi connectivity index (χ0) is 26.1. The molecular weight excluding hydrogens is 507 g/mol. The molecule has 2 aromatic carbocycles. The van der Waals surface area contributed by atoms with Gasteiger partial charge in [-0.2, -0.15) is 17.5 Å².